The fraction of sp³-hybridized carbons (Fsp3) is 0.125. The first-order valence-corrected chi connectivity index (χ1v) is 13.4. The lowest BCUT2D eigenvalue weighted by Crippen LogP contribution is -2.23. The Bertz CT molecular complexity index is 1820. The molecule has 1 amide bonds. The summed E-state index contributed by atoms with van der Waals surface area (Å²) in [5.41, 5.74) is 5.17. The fourth-order valence-electron chi connectivity index (χ4n) is 4.83. The number of hydrogen-bond acceptors (Lipinski definition) is 7. The van der Waals surface area contributed by atoms with Gasteiger partial charge in [-0.3, -0.25) is 14.8 Å². The summed E-state index contributed by atoms with van der Waals surface area (Å²) in [4.78, 5) is 23.8. The Labute approximate surface area is 241 Å². The molecule has 0 atom stereocenters. The van der Waals surface area contributed by atoms with E-state index in [9.17, 15) is 10.1 Å². The number of anilines is 3. The molecule has 3 aromatic carbocycles. The van der Waals surface area contributed by atoms with Gasteiger partial charge in [-0.15, -0.1) is 0 Å². The smallest absolute Gasteiger partial charge is 0.259 e. The molecule has 1 aliphatic heterocycles. The molecule has 5 aromatic rings. The van der Waals surface area contributed by atoms with E-state index in [4.69, 9.17) is 21.1 Å². The van der Waals surface area contributed by atoms with Gasteiger partial charge in [0.2, 0.25) is 0 Å². The normalized spacial score (nSPS) is 12.2. The van der Waals surface area contributed by atoms with Crippen LogP contribution < -0.4 is 19.7 Å². The number of nitrogens with zero attached hydrogens (tertiary/aromatic N) is 4. The zero-order chi connectivity index (χ0) is 28.3. The minimum absolute atomic E-state index is 0.104. The van der Waals surface area contributed by atoms with Crippen molar-refractivity contribution in [3.63, 3.8) is 0 Å². The maximum atomic E-state index is 13.4. The fourth-order valence-corrected chi connectivity index (χ4v) is 5.07. The van der Waals surface area contributed by atoms with Gasteiger partial charge in [0.25, 0.3) is 5.91 Å². The van der Waals surface area contributed by atoms with E-state index in [0.29, 0.717) is 68.8 Å². The standard InChI is InChI=1S/C32H24ClN5O3/c1-2-40-30-15-27-25(14-28(30)38-18-20-7-3-4-9-24(20)32(38)39)31(21(16-34)17-36-27)37-22-10-11-29(26(33)13-22)41-19-23-8-5-6-12-35-23/h3-15,17H,2,18-19H2,1H3,(H,36,37). The van der Waals surface area contributed by atoms with Crippen LogP contribution in [0.3, 0.4) is 0 Å². The predicted octanol–water partition coefficient (Wildman–Crippen LogP) is 7.04. The van der Waals surface area contributed by atoms with Crippen molar-refractivity contribution in [2.75, 3.05) is 16.8 Å². The maximum absolute atomic E-state index is 13.4. The van der Waals surface area contributed by atoms with Crippen LogP contribution in [0.5, 0.6) is 11.5 Å². The molecule has 202 valence electrons. The van der Waals surface area contributed by atoms with E-state index in [-0.39, 0.29) is 12.5 Å². The summed E-state index contributed by atoms with van der Waals surface area (Å²) in [7, 11) is 0. The molecule has 9 heteroatoms. The number of halogens is 1. The van der Waals surface area contributed by atoms with E-state index in [0.717, 1.165) is 11.3 Å². The summed E-state index contributed by atoms with van der Waals surface area (Å²) in [6, 6.07) is 24.4. The molecular formula is C32H24ClN5O3. The molecule has 3 heterocycles. The van der Waals surface area contributed by atoms with Crippen molar-refractivity contribution in [2.24, 2.45) is 0 Å². The summed E-state index contributed by atoms with van der Waals surface area (Å²) in [6.07, 6.45) is 3.23. The summed E-state index contributed by atoms with van der Waals surface area (Å²) in [6.45, 7) is 3.01. The van der Waals surface area contributed by atoms with Crippen LogP contribution in [0.1, 0.15) is 34.1 Å². The van der Waals surface area contributed by atoms with Gasteiger partial charge in [-0.1, -0.05) is 35.9 Å². The van der Waals surface area contributed by atoms with E-state index in [2.05, 4.69) is 21.4 Å². The molecule has 0 unspecified atom stereocenters. The first-order chi connectivity index (χ1) is 20.1. The van der Waals surface area contributed by atoms with Crippen LogP contribution in [0.4, 0.5) is 17.1 Å². The van der Waals surface area contributed by atoms with E-state index in [1.807, 2.05) is 61.5 Å². The molecule has 1 aliphatic rings. The Morgan fingerprint density at radius 1 is 1.02 bits per heavy atom. The lowest BCUT2D eigenvalue weighted by molar-refractivity contribution is 0.0996. The van der Waals surface area contributed by atoms with E-state index in [1.54, 1.807) is 29.3 Å². The highest BCUT2D eigenvalue weighted by molar-refractivity contribution is 6.32. The topological polar surface area (TPSA) is 100 Å². The SMILES string of the molecule is CCOc1cc2ncc(C#N)c(Nc3ccc(OCc4ccccn4)c(Cl)c3)c2cc1N1Cc2ccccc2C1=O. The molecule has 8 nitrogen and oxygen atoms in total. The van der Waals surface area contributed by atoms with Crippen molar-refractivity contribution in [1.82, 2.24) is 9.97 Å². The first kappa shape index (κ1) is 26.1. The summed E-state index contributed by atoms with van der Waals surface area (Å²) >= 11 is 6.56. The molecular weight excluding hydrogens is 538 g/mol. The number of nitriles is 1. The van der Waals surface area contributed by atoms with Crippen LogP contribution in [-0.4, -0.2) is 22.5 Å². The highest BCUT2D eigenvalue weighted by Gasteiger charge is 2.30. The molecule has 0 aliphatic carbocycles. The minimum Gasteiger partial charge on any atom is -0.492 e. The number of carbonyl (C=O) groups excluding carboxylic acids is 1. The van der Waals surface area contributed by atoms with Gasteiger partial charge in [0.05, 0.1) is 46.3 Å². The van der Waals surface area contributed by atoms with Gasteiger partial charge in [-0.05, 0) is 55.0 Å². The summed E-state index contributed by atoms with van der Waals surface area (Å²) in [5.74, 6) is 0.952. The molecule has 0 saturated heterocycles. The molecule has 6 rings (SSSR count). The van der Waals surface area contributed by atoms with Crippen molar-refractivity contribution < 1.29 is 14.3 Å². The zero-order valence-corrected chi connectivity index (χ0v) is 22.9. The van der Waals surface area contributed by atoms with Crippen molar-refractivity contribution in [1.29, 1.82) is 5.26 Å². The first-order valence-electron chi connectivity index (χ1n) is 13.0. The second-order valence-corrected chi connectivity index (χ2v) is 9.76. The lowest BCUT2D eigenvalue weighted by atomic mass is 10.1. The monoisotopic (exact) mass is 561 g/mol. The predicted molar refractivity (Wildman–Crippen MR) is 158 cm³/mol. The third-order valence-electron chi connectivity index (χ3n) is 6.78. The number of rotatable bonds is 8. The van der Waals surface area contributed by atoms with Crippen LogP contribution in [0.25, 0.3) is 10.9 Å². The van der Waals surface area contributed by atoms with Crippen LogP contribution in [-0.2, 0) is 13.2 Å². The molecule has 0 spiro atoms. The Kier molecular flexibility index (Phi) is 7.11. The van der Waals surface area contributed by atoms with Crippen LogP contribution in [0.15, 0.2) is 85.2 Å². The molecule has 1 N–H and O–H groups in total. The van der Waals surface area contributed by atoms with Gasteiger partial charge >= 0.3 is 0 Å². The van der Waals surface area contributed by atoms with Crippen molar-refractivity contribution in [2.45, 2.75) is 20.1 Å². The number of fused-ring (bicyclic) bond motifs is 2. The van der Waals surface area contributed by atoms with Gasteiger partial charge in [0.15, 0.2) is 0 Å². The Balaban J connectivity index is 1.37. The summed E-state index contributed by atoms with van der Waals surface area (Å²) < 4.78 is 11.8. The number of aromatic nitrogens is 2. The Hall–Kier alpha value is -5.13. The minimum atomic E-state index is -0.104. The van der Waals surface area contributed by atoms with Crippen molar-refractivity contribution >= 4 is 45.5 Å². The third kappa shape index (κ3) is 5.11. The number of ether oxygens (including phenoxy) is 2. The van der Waals surface area contributed by atoms with Crippen molar-refractivity contribution in [3.8, 4) is 17.6 Å². The third-order valence-corrected chi connectivity index (χ3v) is 7.08. The van der Waals surface area contributed by atoms with E-state index >= 15 is 0 Å². The van der Waals surface area contributed by atoms with E-state index < -0.39 is 0 Å². The van der Waals surface area contributed by atoms with E-state index in [1.165, 1.54) is 6.20 Å². The average molecular weight is 562 g/mol. The largest absolute Gasteiger partial charge is 0.492 e. The average Bonchev–Trinajstić information content (AvgIpc) is 3.33. The highest BCUT2D eigenvalue weighted by atomic mass is 35.5. The highest BCUT2D eigenvalue weighted by Crippen LogP contribution is 2.41. The number of carbonyl (C=O) groups is 1. The summed E-state index contributed by atoms with van der Waals surface area (Å²) in [5, 5.41) is 14.4. The second-order valence-electron chi connectivity index (χ2n) is 9.36. The Morgan fingerprint density at radius 2 is 1.88 bits per heavy atom. The van der Waals surface area contributed by atoms with Crippen molar-refractivity contribution in [3.05, 3.63) is 113 Å². The molecule has 2 aromatic heterocycles. The number of nitrogens with one attached hydrogen (secondary N) is 1. The van der Waals surface area contributed by atoms with Crippen LogP contribution >= 0.6 is 11.6 Å². The number of benzene rings is 3. The molecule has 0 bridgehead atoms. The van der Waals surface area contributed by atoms with Gasteiger partial charge in [0.1, 0.15) is 24.2 Å². The molecule has 0 saturated carbocycles. The van der Waals surface area contributed by atoms with Gasteiger partial charge in [0, 0.05) is 35.1 Å². The van der Waals surface area contributed by atoms with Crippen LogP contribution in [0.2, 0.25) is 5.02 Å². The lowest BCUT2D eigenvalue weighted by Gasteiger charge is -2.21. The maximum Gasteiger partial charge on any atom is 0.259 e. The number of amides is 1. The zero-order valence-electron chi connectivity index (χ0n) is 22.1. The molecule has 0 radical (unpaired) electrons. The Morgan fingerprint density at radius 3 is 2.63 bits per heavy atom. The second kappa shape index (κ2) is 11.2. The molecule has 41 heavy (non-hydrogen) atoms. The number of hydrogen-bond donors (Lipinski definition) is 1. The molecule has 0 fully saturated rings. The van der Waals surface area contributed by atoms with Gasteiger partial charge in [-0.25, -0.2) is 0 Å². The van der Waals surface area contributed by atoms with Gasteiger partial charge < -0.3 is 19.7 Å². The van der Waals surface area contributed by atoms with Gasteiger partial charge in [-0.2, -0.15) is 5.26 Å². The number of pyridine rings is 2. The quantitative estimate of drug-likeness (QED) is 0.217. The van der Waals surface area contributed by atoms with Crippen LogP contribution in [0, 0.1) is 11.3 Å².